The van der Waals surface area contributed by atoms with E-state index in [1.807, 2.05) is 0 Å². The van der Waals surface area contributed by atoms with E-state index in [-0.39, 0.29) is 6.42 Å². The van der Waals surface area contributed by atoms with Gasteiger partial charge in [-0.25, -0.2) is 0 Å². The molecule has 1 fully saturated rings. The first-order chi connectivity index (χ1) is 4.93. The second-order valence-corrected chi connectivity index (χ2v) is 3.30. The van der Waals surface area contributed by atoms with Crippen LogP contribution in [0.15, 0.2) is 0 Å². The van der Waals surface area contributed by atoms with E-state index in [0.717, 1.165) is 0 Å². The van der Waals surface area contributed by atoms with E-state index in [9.17, 15) is 10.2 Å². The number of ether oxygens (including phenoxy) is 1. The third-order valence-electron chi connectivity index (χ3n) is 2.04. The average molecular weight is 162 g/mol. The molecule has 1 heterocycles. The van der Waals surface area contributed by atoms with Crippen molar-refractivity contribution in [2.24, 2.45) is 0 Å². The Labute approximate surface area is 65.4 Å². The quantitative estimate of drug-likeness (QED) is 0.437. The van der Waals surface area contributed by atoms with Gasteiger partial charge in [-0.3, -0.25) is 0 Å². The first kappa shape index (κ1) is 8.93. The van der Waals surface area contributed by atoms with Gasteiger partial charge < -0.3 is 20.1 Å². The van der Waals surface area contributed by atoms with E-state index in [2.05, 4.69) is 0 Å². The molecule has 11 heavy (non-hydrogen) atoms. The number of aliphatic hydroxyl groups is 3. The molecule has 0 amide bonds. The summed E-state index contributed by atoms with van der Waals surface area (Å²) in [5.74, 6) is 0. The van der Waals surface area contributed by atoms with Gasteiger partial charge in [0.25, 0.3) is 0 Å². The molecule has 2 unspecified atom stereocenters. The summed E-state index contributed by atoms with van der Waals surface area (Å²) in [5.41, 5.74) is -1.24. The molecule has 0 spiro atoms. The summed E-state index contributed by atoms with van der Waals surface area (Å²) in [6.07, 6.45) is -2.36. The summed E-state index contributed by atoms with van der Waals surface area (Å²) >= 11 is 0. The zero-order chi connectivity index (χ0) is 8.65. The molecular formula is C7H14O4. The van der Waals surface area contributed by atoms with Gasteiger partial charge in [-0.2, -0.15) is 0 Å². The first-order valence-electron chi connectivity index (χ1n) is 3.67. The van der Waals surface area contributed by atoms with Crippen LogP contribution in [0.2, 0.25) is 0 Å². The highest BCUT2D eigenvalue weighted by Crippen LogP contribution is 2.27. The van der Waals surface area contributed by atoms with Gasteiger partial charge in [0.1, 0.15) is 6.10 Å². The lowest BCUT2D eigenvalue weighted by atomic mass is 9.89. The Balaban J connectivity index is 2.67. The lowest BCUT2D eigenvalue weighted by Crippen LogP contribution is -2.54. The predicted molar refractivity (Wildman–Crippen MR) is 37.8 cm³/mol. The minimum absolute atomic E-state index is 0.0541. The average Bonchev–Trinajstić information content (AvgIpc) is 1.81. The summed E-state index contributed by atoms with van der Waals surface area (Å²) in [6, 6.07) is 0. The van der Waals surface area contributed by atoms with Crippen molar-refractivity contribution < 1.29 is 20.1 Å². The Morgan fingerprint density at radius 3 is 2.45 bits per heavy atom. The molecule has 4 heteroatoms. The standard InChI is InChI=1S/C7H14O4/c1-4-6(9)7(2,10)3-5(8)11-4/h4-6,8-10H,3H2,1-2H3/t4?,5-,6+,7?/m1/s1. The number of aliphatic hydroxyl groups excluding tert-OH is 2. The van der Waals surface area contributed by atoms with Crippen LogP contribution in [0.25, 0.3) is 0 Å². The fourth-order valence-corrected chi connectivity index (χ4v) is 1.35. The second-order valence-electron chi connectivity index (χ2n) is 3.30. The molecule has 3 N–H and O–H groups in total. The maximum atomic E-state index is 9.49. The predicted octanol–water partition coefficient (Wildman–Crippen LogP) is -0.775. The summed E-state index contributed by atoms with van der Waals surface area (Å²) in [5, 5.41) is 27.9. The fraction of sp³-hybridized carbons (Fsp3) is 1.00. The first-order valence-corrected chi connectivity index (χ1v) is 3.67. The Morgan fingerprint density at radius 2 is 2.00 bits per heavy atom. The van der Waals surface area contributed by atoms with Gasteiger partial charge in [-0.1, -0.05) is 0 Å². The Kier molecular flexibility index (Phi) is 2.20. The van der Waals surface area contributed by atoms with E-state index < -0.39 is 24.1 Å². The summed E-state index contributed by atoms with van der Waals surface area (Å²) in [7, 11) is 0. The third kappa shape index (κ3) is 1.70. The SMILES string of the molecule is CC1O[C@@H](O)CC(C)(O)[C@H]1O. The van der Waals surface area contributed by atoms with Crippen LogP contribution < -0.4 is 0 Å². The molecule has 0 aromatic rings. The van der Waals surface area contributed by atoms with E-state index in [1.165, 1.54) is 6.92 Å². The van der Waals surface area contributed by atoms with Crippen LogP contribution in [0.5, 0.6) is 0 Å². The molecule has 0 aliphatic carbocycles. The van der Waals surface area contributed by atoms with Gasteiger partial charge in [-0.05, 0) is 13.8 Å². The molecule has 0 radical (unpaired) electrons. The van der Waals surface area contributed by atoms with Crippen molar-refractivity contribution in [2.45, 2.75) is 44.4 Å². The van der Waals surface area contributed by atoms with Gasteiger partial charge >= 0.3 is 0 Å². The van der Waals surface area contributed by atoms with E-state index in [4.69, 9.17) is 9.84 Å². The molecule has 1 rings (SSSR count). The molecule has 66 valence electrons. The molecule has 4 atom stereocenters. The zero-order valence-corrected chi connectivity index (χ0v) is 6.69. The smallest absolute Gasteiger partial charge is 0.157 e. The van der Waals surface area contributed by atoms with Crippen molar-refractivity contribution in [3.05, 3.63) is 0 Å². The van der Waals surface area contributed by atoms with Crippen molar-refractivity contribution in [3.63, 3.8) is 0 Å². The largest absolute Gasteiger partial charge is 0.387 e. The fourth-order valence-electron chi connectivity index (χ4n) is 1.35. The third-order valence-corrected chi connectivity index (χ3v) is 2.04. The van der Waals surface area contributed by atoms with E-state index in [0.29, 0.717) is 0 Å². The van der Waals surface area contributed by atoms with Crippen LogP contribution in [0.1, 0.15) is 20.3 Å². The monoisotopic (exact) mass is 162 g/mol. The maximum absolute atomic E-state index is 9.49. The lowest BCUT2D eigenvalue weighted by Gasteiger charge is -2.40. The van der Waals surface area contributed by atoms with Crippen molar-refractivity contribution in [2.75, 3.05) is 0 Å². The van der Waals surface area contributed by atoms with Crippen molar-refractivity contribution in [3.8, 4) is 0 Å². The second kappa shape index (κ2) is 2.71. The van der Waals surface area contributed by atoms with Crippen LogP contribution in [-0.4, -0.2) is 39.4 Å². The molecule has 0 bridgehead atoms. The minimum atomic E-state index is -1.24. The zero-order valence-electron chi connectivity index (χ0n) is 6.69. The van der Waals surface area contributed by atoms with E-state index in [1.54, 1.807) is 6.92 Å². The van der Waals surface area contributed by atoms with Crippen LogP contribution in [0, 0.1) is 0 Å². The maximum Gasteiger partial charge on any atom is 0.157 e. The number of hydrogen-bond donors (Lipinski definition) is 3. The van der Waals surface area contributed by atoms with Crippen molar-refractivity contribution in [1.29, 1.82) is 0 Å². The minimum Gasteiger partial charge on any atom is -0.387 e. The molecule has 4 nitrogen and oxygen atoms in total. The normalized spacial score (nSPS) is 52.6. The molecule has 1 aliphatic rings. The Bertz CT molecular complexity index is 145. The van der Waals surface area contributed by atoms with Crippen molar-refractivity contribution >= 4 is 0 Å². The molecule has 1 aliphatic heterocycles. The molecule has 0 saturated carbocycles. The molecule has 0 aromatic carbocycles. The molecular weight excluding hydrogens is 148 g/mol. The van der Waals surface area contributed by atoms with Gasteiger partial charge in [0.2, 0.25) is 0 Å². The Hall–Kier alpha value is -0.160. The lowest BCUT2D eigenvalue weighted by molar-refractivity contribution is -0.256. The van der Waals surface area contributed by atoms with Crippen LogP contribution in [0.3, 0.4) is 0 Å². The molecule has 0 aromatic heterocycles. The van der Waals surface area contributed by atoms with E-state index >= 15 is 0 Å². The summed E-state index contributed by atoms with van der Waals surface area (Å²) in [4.78, 5) is 0. The van der Waals surface area contributed by atoms with Crippen LogP contribution in [0.4, 0.5) is 0 Å². The van der Waals surface area contributed by atoms with Gasteiger partial charge in [-0.15, -0.1) is 0 Å². The summed E-state index contributed by atoms with van der Waals surface area (Å²) in [6.45, 7) is 3.10. The number of hydrogen-bond acceptors (Lipinski definition) is 4. The Morgan fingerprint density at radius 1 is 1.45 bits per heavy atom. The van der Waals surface area contributed by atoms with Gasteiger partial charge in [0.15, 0.2) is 6.29 Å². The van der Waals surface area contributed by atoms with Gasteiger partial charge in [0, 0.05) is 6.42 Å². The molecule has 1 saturated heterocycles. The highest BCUT2D eigenvalue weighted by Gasteiger charge is 2.42. The van der Waals surface area contributed by atoms with Crippen LogP contribution >= 0.6 is 0 Å². The highest BCUT2D eigenvalue weighted by molar-refractivity contribution is 4.90. The van der Waals surface area contributed by atoms with Crippen LogP contribution in [-0.2, 0) is 4.74 Å². The highest BCUT2D eigenvalue weighted by atomic mass is 16.6. The van der Waals surface area contributed by atoms with Crippen molar-refractivity contribution in [1.82, 2.24) is 0 Å². The topological polar surface area (TPSA) is 69.9 Å². The number of rotatable bonds is 0. The van der Waals surface area contributed by atoms with Gasteiger partial charge in [0.05, 0.1) is 11.7 Å². The summed E-state index contributed by atoms with van der Waals surface area (Å²) < 4.78 is 4.88.